The van der Waals surface area contributed by atoms with Gasteiger partial charge in [-0.25, -0.2) is 0 Å². The van der Waals surface area contributed by atoms with E-state index in [1.807, 2.05) is 0 Å². The molecular formula is C17H35IN4O2. The van der Waals surface area contributed by atoms with Crippen LogP contribution in [0.2, 0.25) is 0 Å². The maximum absolute atomic E-state index is 11.8. The molecule has 24 heavy (non-hydrogen) atoms. The molecule has 0 bridgehead atoms. The van der Waals surface area contributed by atoms with Crippen molar-refractivity contribution < 1.29 is 9.53 Å². The summed E-state index contributed by atoms with van der Waals surface area (Å²) < 4.78 is 5.53. The van der Waals surface area contributed by atoms with E-state index in [0.717, 1.165) is 45.0 Å². The quantitative estimate of drug-likeness (QED) is 0.205. The summed E-state index contributed by atoms with van der Waals surface area (Å²) in [5.74, 6) is 1.44. The normalized spacial score (nSPS) is 15.2. The van der Waals surface area contributed by atoms with Gasteiger partial charge < -0.3 is 20.7 Å². The lowest BCUT2D eigenvalue weighted by Crippen LogP contribution is -2.40. The van der Waals surface area contributed by atoms with Crippen molar-refractivity contribution in [1.29, 1.82) is 0 Å². The molecule has 1 fully saturated rings. The number of guanidine groups is 1. The molecule has 1 amide bonds. The molecule has 0 atom stereocenters. The maximum atomic E-state index is 11.8. The Morgan fingerprint density at radius 1 is 1.21 bits per heavy atom. The molecule has 1 aliphatic rings. The van der Waals surface area contributed by atoms with Gasteiger partial charge in [-0.05, 0) is 25.2 Å². The molecule has 0 aromatic rings. The van der Waals surface area contributed by atoms with Crippen molar-refractivity contribution in [2.45, 2.75) is 58.4 Å². The molecule has 142 valence electrons. The third-order valence-electron chi connectivity index (χ3n) is 3.80. The van der Waals surface area contributed by atoms with Crippen molar-refractivity contribution in [3.8, 4) is 0 Å². The van der Waals surface area contributed by atoms with Gasteiger partial charge in [-0.1, -0.05) is 26.7 Å². The van der Waals surface area contributed by atoms with Crippen LogP contribution in [0, 0.1) is 5.92 Å². The zero-order valence-corrected chi connectivity index (χ0v) is 17.7. The second kappa shape index (κ2) is 14.7. The van der Waals surface area contributed by atoms with E-state index in [4.69, 9.17) is 4.74 Å². The Labute approximate surface area is 164 Å². The third kappa shape index (κ3) is 11.9. The molecule has 0 spiro atoms. The number of halogens is 1. The van der Waals surface area contributed by atoms with E-state index < -0.39 is 0 Å². The number of nitrogens with one attached hydrogen (secondary N) is 3. The smallest absolute Gasteiger partial charge is 0.221 e. The number of carbonyl (C=O) groups is 1. The molecule has 1 rings (SSSR count). The summed E-state index contributed by atoms with van der Waals surface area (Å²) >= 11 is 0. The first-order valence-electron chi connectivity index (χ1n) is 8.93. The van der Waals surface area contributed by atoms with Gasteiger partial charge in [-0.2, -0.15) is 0 Å². The lowest BCUT2D eigenvalue weighted by atomic mass is 10.2. The average molecular weight is 454 g/mol. The van der Waals surface area contributed by atoms with Gasteiger partial charge in [0.05, 0.1) is 0 Å². The van der Waals surface area contributed by atoms with Gasteiger partial charge in [0.25, 0.3) is 0 Å². The first kappa shape index (κ1) is 23.4. The monoisotopic (exact) mass is 454 g/mol. The van der Waals surface area contributed by atoms with Crippen LogP contribution in [0.4, 0.5) is 0 Å². The number of nitrogens with zero attached hydrogens (tertiary/aromatic N) is 1. The standard InChI is InChI=1S/C17H34N4O2.HI/c1-14(2)13-23-12-6-10-19-17(18-3)20-11-9-16(22)21-15-7-4-5-8-15;/h14-15H,4-13H2,1-3H3,(H,21,22)(H2,18,19,20);1H. The van der Waals surface area contributed by atoms with Crippen LogP contribution in [-0.2, 0) is 9.53 Å². The van der Waals surface area contributed by atoms with E-state index >= 15 is 0 Å². The first-order chi connectivity index (χ1) is 11.1. The van der Waals surface area contributed by atoms with E-state index in [1.54, 1.807) is 7.05 Å². The van der Waals surface area contributed by atoms with Crippen LogP contribution in [0.15, 0.2) is 4.99 Å². The van der Waals surface area contributed by atoms with Crippen molar-refractivity contribution in [3.05, 3.63) is 0 Å². The summed E-state index contributed by atoms with van der Waals surface area (Å²) in [5.41, 5.74) is 0. The minimum Gasteiger partial charge on any atom is -0.381 e. The molecule has 0 radical (unpaired) electrons. The summed E-state index contributed by atoms with van der Waals surface area (Å²) in [7, 11) is 1.74. The fraction of sp³-hybridized carbons (Fsp3) is 0.882. The van der Waals surface area contributed by atoms with Gasteiger partial charge in [0, 0.05) is 45.8 Å². The lowest BCUT2D eigenvalue weighted by Gasteiger charge is -2.14. The Balaban J connectivity index is 0.00000529. The van der Waals surface area contributed by atoms with Crippen molar-refractivity contribution in [2.24, 2.45) is 10.9 Å². The highest BCUT2D eigenvalue weighted by atomic mass is 127. The Hall–Kier alpha value is -0.570. The van der Waals surface area contributed by atoms with E-state index in [-0.39, 0.29) is 29.9 Å². The Bertz CT molecular complexity index is 358. The molecule has 0 saturated heterocycles. The molecule has 0 unspecified atom stereocenters. The Kier molecular flexibility index (Phi) is 14.4. The lowest BCUT2D eigenvalue weighted by molar-refractivity contribution is -0.121. The molecule has 0 aromatic carbocycles. The Morgan fingerprint density at radius 2 is 1.88 bits per heavy atom. The summed E-state index contributed by atoms with van der Waals surface area (Å²) in [6.45, 7) is 7.27. The molecule has 6 nitrogen and oxygen atoms in total. The number of amides is 1. The summed E-state index contributed by atoms with van der Waals surface area (Å²) in [6.07, 6.45) is 6.15. The highest BCUT2D eigenvalue weighted by Crippen LogP contribution is 2.17. The second-order valence-electron chi connectivity index (χ2n) is 6.55. The number of carbonyl (C=O) groups excluding carboxylic acids is 1. The van der Waals surface area contributed by atoms with E-state index in [2.05, 4.69) is 34.8 Å². The molecule has 7 heteroatoms. The van der Waals surface area contributed by atoms with Crippen LogP contribution < -0.4 is 16.0 Å². The summed E-state index contributed by atoms with van der Waals surface area (Å²) in [6, 6.07) is 0.394. The van der Waals surface area contributed by atoms with Crippen LogP contribution in [0.5, 0.6) is 0 Å². The molecule has 0 heterocycles. The molecule has 1 saturated carbocycles. The number of rotatable bonds is 10. The fourth-order valence-corrected chi connectivity index (χ4v) is 2.59. The van der Waals surface area contributed by atoms with Crippen LogP contribution in [0.3, 0.4) is 0 Å². The van der Waals surface area contributed by atoms with Gasteiger partial charge in [0.2, 0.25) is 5.91 Å². The largest absolute Gasteiger partial charge is 0.381 e. The van der Waals surface area contributed by atoms with Crippen LogP contribution in [0.25, 0.3) is 0 Å². The van der Waals surface area contributed by atoms with Gasteiger partial charge >= 0.3 is 0 Å². The number of hydrogen-bond acceptors (Lipinski definition) is 3. The topological polar surface area (TPSA) is 74.8 Å². The number of ether oxygens (including phenoxy) is 1. The van der Waals surface area contributed by atoms with E-state index in [1.165, 1.54) is 12.8 Å². The van der Waals surface area contributed by atoms with Gasteiger partial charge in [0.1, 0.15) is 0 Å². The SMILES string of the molecule is CN=C(NCCCOCC(C)C)NCCC(=O)NC1CCCC1.I. The zero-order chi connectivity index (χ0) is 16.9. The molecular weight excluding hydrogens is 419 g/mol. The number of hydrogen-bond donors (Lipinski definition) is 3. The molecule has 1 aliphatic carbocycles. The Morgan fingerprint density at radius 3 is 2.50 bits per heavy atom. The minimum absolute atomic E-state index is 0. The predicted octanol–water partition coefficient (Wildman–Crippen LogP) is 2.28. The van der Waals surface area contributed by atoms with E-state index in [9.17, 15) is 4.79 Å². The molecule has 0 aromatic heterocycles. The van der Waals surface area contributed by atoms with Gasteiger partial charge in [0.15, 0.2) is 5.96 Å². The first-order valence-corrected chi connectivity index (χ1v) is 8.93. The molecule has 3 N–H and O–H groups in total. The van der Waals surface area contributed by atoms with Gasteiger partial charge in [-0.15, -0.1) is 24.0 Å². The van der Waals surface area contributed by atoms with Crippen LogP contribution in [-0.4, -0.2) is 51.3 Å². The van der Waals surface area contributed by atoms with Crippen molar-refractivity contribution in [1.82, 2.24) is 16.0 Å². The number of aliphatic imine (C=N–C) groups is 1. The van der Waals surface area contributed by atoms with Crippen molar-refractivity contribution in [2.75, 3.05) is 33.4 Å². The van der Waals surface area contributed by atoms with Crippen LogP contribution >= 0.6 is 24.0 Å². The van der Waals surface area contributed by atoms with Crippen LogP contribution in [0.1, 0.15) is 52.4 Å². The molecule has 0 aliphatic heterocycles. The minimum atomic E-state index is 0. The summed E-state index contributed by atoms with van der Waals surface area (Å²) in [4.78, 5) is 16.0. The van der Waals surface area contributed by atoms with Gasteiger partial charge in [-0.3, -0.25) is 9.79 Å². The van der Waals surface area contributed by atoms with Crippen molar-refractivity contribution >= 4 is 35.8 Å². The maximum Gasteiger partial charge on any atom is 0.221 e. The fourth-order valence-electron chi connectivity index (χ4n) is 2.59. The zero-order valence-electron chi connectivity index (χ0n) is 15.4. The highest BCUT2D eigenvalue weighted by Gasteiger charge is 2.16. The van der Waals surface area contributed by atoms with E-state index in [0.29, 0.717) is 24.9 Å². The second-order valence-corrected chi connectivity index (χ2v) is 6.55. The average Bonchev–Trinajstić information content (AvgIpc) is 3.01. The predicted molar refractivity (Wildman–Crippen MR) is 110 cm³/mol. The highest BCUT2D eigenvalue weighted by molar-refractivity contribution is 14.0. The third-order valence-corrected chi connectivity index (χ3v) is 3.80. The summed E-state index contributed by atoms with van der Waals surface area (Å²) in [5, 5.41) is 9.49. The van der Waals surface area contributed by atoms with Crippen molar-refractivity contribution in [3.63, 3.8) is 0 Å².